The lowest BCUT2D eigenvalue weighted by Crippen LogP contribution is -2.53. The zero-order chi connectivity index (χ0) is 27.9. The van der Waals surface area contributed by atoms with Crippen LogP contribution in [0.25, 0.3) is 0 Å². The van der Waals surface area contributed by atoms with Crippen molar-refractivity contribution in [2.45, 2.75) is 32.9 Å². The zero-order valence-electron chi connectivity index (χ0n) is 21.5. The fraction of sp³-hybridized carbons (Fsp3) is 0.286. The molecule has 0 saturated heterocycles. The van der Waals surface area contributed by atoms with E-state index in [9.17, 15) is 18.0 Å². The van der Waals surface area contributed by atoms with Gasteiger partial charge in [-0.05, 0) is 60.9 Å². The Kier molecular flexibility index (Phi) is 10.2. The molecule has 202 valence electrons. The average molecular weight is 577 g/mol. The molecule has 0 aliphatic rings. The van der Waals surface area contributed by atoms with Crippen LogP contribution in [-0.2, 0) is 32.6 Å². The van der Waals surface area contributed by atoms with Gasteiger partial charge in [-0.3, -0.25) is 13.9 Å². The van der Waals surface area contributed by atoms with Crippen LogP contribution in [0.5, 0.6) is 0 Å². The molecule has 0 fully saturated rings. The number of carbonyl (C=O) groups is 2. The van der Waals surface area contributed by atoms with Gasteiger partial charge in [0.1, 0.15) is 12.6 Å². The molecule has 0 saturated carbocycles. The second-order valence-corrected chi connectivity index (χ2v) is 11.7. The Morgan fingerprint density at radius 1 is 0.921 bits per heavy atom. The van der Waals surface area contributed by atoms with E-state index in [0.29, 0.717) is 27.8 Å². The van der Waals surface area contributed by atoms with Gasteiger partial charge in [-0.15, -0.1) is 0 Å². The molecule has 10 heteroatoms. The SMILES string of the molecule is CCNC(=O)C(Cc1ccccc1)N(Cc1ccc(Cl)cc1)C(=O)CN(c1ccc(Cl)cc1C)S(C)(=O)=O. The Morgan fingerprint density at radius 3 is 2.13 bits per heavy atom. The molecule has 0 radical (unpaired) electrons. The van der Waals surface area contributed by atoms with Gasteiger partial charge in [-0.1, -0.05) is 65.7 Å². The highest BCUT2D eigenvalue weighted by atomic mass is 35.5. The molecule has 0 bridgehead atoms. The summed E-state index contributed by atoms with van der Waals surface area (Å²) in [5, 5.41) is 3.82. The highest BCUT2D eigenvalue weighted by Gasteiger charge is 2.33. The van der Waals surface area contributed by atoms with Crippen LogP contribution >= 0.6 is 23.2 Å². The first-order valence-corrected chi connectivity index (χ1v) is 14.7. The van der Waals surface area contributed by atoms with E-state index in [1.807, 2.05) is 30.3 Å². The number of likely N-dealkylation sites (N-methyl/N-ethyl adjacent to an activating group) is 1. The van der Waals surface area contributed by atoms with E-state index in [4.69, 9.17) is 23.2 Å². The minimum Gasteiger partial charge on any atom is -0.355 e. The van der Waals surface area contributed by atoms with Gasteiger partial charge in [-0.2, -0.15) is 0 Å². The molecule has 1 unspecified atom stereocenters. The molecule has 0 spiro atoms. The van der Waals surface area contributed by atoms with Gasteiger partial charge in [0.2, 0.25) is 21.8 Å². The summed E-state index contributed by atoms with van der Waals surface area (Å²) in [7, 11) is -3.85. The molecule has 0 heterocycles. The van der Waals surface area contributed by atoms with Crippen molar-refractivity contribution in [3.05, 3.63) is 99.5 Å². The predicted octanol–water partition coefficient (Wildman–Crippen LogP) is 4.84. The first-order chi connectivity index (χ1) is 18.0. The predicted molar refractivity (Wildman–Crippen MR) is 153 cm³/mol. The maximum atomic E-state index is 14.0. The van der Waals surface area contributed by atoms with Gasteiger partial charge in [0.05, 0.1) is 11.9 Å². The number of hydrogen-bond acceptors (Lipinski definition) is 4. The topological polar surface area (TPSA) is 86.8 Å². The molecule has 1 N–H and O–H groups in total. The van der Waals surface area contributed by atoms with Crippen LogP contribution in [0.3, 0.4) is 0 Å². The van der Waals surface area contributed by atoms with Gasteiger partial charge < -0.3 is 10.2 Å². The van der Waals surface area contributed by atoms with E-state index in [2.05, 4.69) is 5.32 Å². The molecule has 0 aliphatic carbocycles. The summed E-state index contributed by atoms with van der Waals surface area (Å²) < 4.78 is 26.7. The van der Waals surface area contributed by atoms with Gasteiger partial charge >= 0.3 is 0 Å². The minimum absolute atomic E-state index is 0.0852. The Morgan fingerprint density at radius 2 is 1.55 bits per heavy atom. The van der Waals surface area contributed by atoms with Crippen LogP contribution in [0.2, 0.25) is 10.0 Å². The summed E-state index contributed by atoms with van der Waals surface area (Å²) in [4.78, 5) is 28.7. The Balaban J connectivity index is 2.05. The van der Waals surface area contributed by atoms with Crippen LogP contribution in [0.15, 0.2) is 72.8 Å². The zero-order valence-corrected chi connectivity index (χ0v) is 23.9. The van der Waals surface area contributed by atoms with Gasteiger partial charge in [0, 0.05) is 29.6 Å². The summed E-state index contributed by atoms with van der Waals surface area (Å²) in [5.41, 5.74) is 2.56. The molecule has 3 aromatic rings. The van der Waals surface area contributed by atoms with Crippen molar-refractivity contribution in [2.75, 3.05) is 23.7 Å². The van der Waals surface area contributed by atoms with Crippen LogP contribution in [-0.4, -0.2) is 50.5 Å². The van der Waals surface area contributed by atoms with Crippen LogP contribution in [0.1, 0.15) is 23.6 Å². The standard InChI is InChI=1S/C28H31Cl2N3O4S/c1-4-31-28(35)26(17-21-8-6-5-7-9-21)32(18-22-10-12-23(29)13-11-22)27(34)19-33(38(3,36)37)25-15-14-24(30)16-20(25)2/h5-16,26H,4,17-19H2,1-3H3,(H,31,35). The van der Waals surface area contributed by atoms with Crippen molar-refractivity contribution >= 4 is 50.7 Å². The monoisotopic (exact) mass is 575 g/mol. The number of nitrogens with zero attached hydrogens (tertiary/aromatic N) is 2. The molecule has 3 aromatic carbocycles. The number of carbonyl (C=O) groups excluding carboxylic acids is 2. The summed E-state index contributed by atoms with van der Waals surface area (Å²) in [5.74, 6) is -0.848. The third kappa shape index (κ3) is 7.96. The molecule has 38 heavy (non-hydrogen) atoms. The maximum Gasteiger partial charge on any atom is 0.244 e. The number of aryl methyl sites for hydroxylation is 1. The molecule has 7 nitrogen and oxygen atoms in total. The second kappa shape index (κ2) is 13.1. The normalized spacial score (nSPS) is 12.0. The van der Waals surface area contributed by atoms with E-state index in [1.54, 1.807) is 56.3 Å². The lowest BCUT2D eigenvalue weighted by atomic mass is 10.0. The largest absolute Gasteiger partial charge is 0.355 e. The molecular formula is C28H31Cl2N3O4S. The third-order valence-corrected chi connectivity index (χ3v) is 7.61. The van der Waals surface area contributed by atoms with Crippen molar-refractivity contribution in [3.63, 3.8) is 0 Å². The molecular weight excluding hydrogens is 545 g/mol. The van der Waals surface area contributed by atoms with Crippen molar-refractivity contribution in [3.8, 4) is 0 Å². The van der Waals surface area contributed by atoms with Gasteiger partial charge in [0.25, 0.3) is 0 Å². The number of sulfonamides is 1. The summed E-state index contributed by atoms with van der Waals surface area (Å²) in [6.07, 6.45) is 1.30. The summed E-state index contributed by atoms with van der Waals surface area (Å²) in [6.45, 7) is 3.51. The molecule has 0 aromatic heterocycles. The third-order valence-electron chi connectivity index (χ3n) is 6.00. The lowest BCUT2D eigenvalue weighted by molar-refractivity contribution is -0.140. The van der Waals surface area contributed by atoms with Crippen LogP contribution < -0.4 is 9.62 Å². The van der Waals surface area contributed by atoms with Gasteiger partial charge in [-0.25, -0.2) is 8.42 Å². The molecule has 3 rings (SSSR count). The Bertz CT molecular complexity index is 1370. The van der Waals surface area contributed by atoms with E-state index in [-0.39, 0.29) is 18.9 Å². The number of rotatable bonds is 11. The average Bonchev–Trinajstić information content (AvgIpc) is 2.86. The Hall–Kier alpha value is -3.07. The van der Waals surface area contributed by atoms with Crippen LogP contribution in [0.4, 0.5) is 5.69 Å². The molecule has 0 aliphatic heterocycles. The number of anilines is 1. The van der Waals surface area contributed by atoms with Crippen molar-refractivity contribution in [2.24, 2.45) is 0 Å². The van der Waals surface area contributed by atoms with E-state index in [1.165, 1.54) is 4.90 Å². The Labute approximate surface area is 234 Å². The van der Waals surface area contributed by atoms with Gasteiger partial charge in [0.15, 0.2) is 0 Å². The number of halogens is 2. The van der Waals surface area contributed by atoms with Crippen molar-refractivity contribution in [1.29, 1.82) is 0 Å². The quantitative estimate of drug-likeness (QED) is 0.354. The van der Waals surface area contributed by atoms with E-state index >= 15 is 0 Å². The van der Waals surface area contributed by atoms with Crippen molar-refractivity contribution < 1.29 is 18.0 Å². The maximum absolute atomic E-state index is 14.0. The fourth-order valence-corrected chi connectivity index (χ4v) is 5.39. The number of benzene rings is 3. The molecule has 1 atom stereocenters. The number of hydrogen-bond donors (Lipinski definition) is 1. The first kappa shape index (κ1) is 29.5. The first-order valence-electron chi connectivity index (χ1n) is 12.1. The second-order valence-electron chi connectivity index (χ2n) is 8.95. The summed E-state index contributed by atoms with van der Waals surface area (Å²) in [6, 6.07) is 20.2. The smallest absolute Gasteiger partial charge is 0.244 e. The lowest BCUT2D eigenvalue weighted by Gasteiger charge is -2.33. The van der Waals surface area contributed by atoms with Crippen molar-refractivity contribution in [1.82, 2.24) is 10.2 Å². The highest BCUT2D eigenvalue weighted by Crippen LogP contribution is 2.26. The number of nitrogens with one attached hydrogen (secondary N) is 1. The van der Waals surface area contributed by atoms with Crippen LogP contribution in [0, 0.1) is 6.92 Å². The minimum atomic E-state index is -3.85. The fourth-order valence-electron chi connectivity index (χ4n) is 4.13. The highest BCUT2D eigenvalue weighted by molar-refractivity contribution is 7.92. The van der Waals surface area contributed by atoms with E-state index < -0.39 is 28.5 Å². The summed E-state index contributed by atoms with van der Waals surface area (Å²) >= 11 is 12.1. The van der Waals surface area contributed by atoms with E-state index in [0.717, 1.165) is 21.7 Å². The number of amides is 2. The molecule has 2 amide bonds.